The predicted octanol–water partition coefficient (Wildman–Crippen LogP) is 0.436. The monoisotopic (exact) mass is 219 g/mol. The van der Waals surface area contributed by atoms with Crippen molar-refractivity contribution in [3.05, 3.63) is 23.8 Å². The van der Waals surface area contributed by atoms with E-state index in [0.29, 0.717) is 0 Å². The number of hydrogen-bond donors (Lipinski definition) is 4. The van der Waals surface area contributed by atoms with Gasteiger partial charge in [0.15, 0.2) is 17.4 Å². The minimum Gasteiger partial charge on any atom is -0.503 e. The largest absolute Gasteiger partial charge is 0.503 e. The predicted molar refractivity (Wildman–Crippen MR) is 49.6 cm³/mol. The molecule has 15 heavy (non-hydrogen) atoms. The van der Waals surface area contributed by atoms with E-state index in [4.69, 9.17) is 15.3 Å². The van der Waals surface area contributed by atoms with Crippen LogP contribution >= 0.6 is 0 Å². The standard InChI is InChI=1S/C9H11F2NO3/c10-7-1-5(2-8(11)9(7)15)12-3-6(14)4-13/h1-2,6,12-15H,3-4H2. The minimum atomic E-state index is -1.09. The van der Waals surface area contributed by atoms with Gasteiger partial charge in [0.05, 0.1) is 12.7 Å². The molecule has 0 spiro atoms. The first-order valence-corrected chi connectivity index (χ1v) is 4.25. The average molecular weight is 219 g/mol. The van der Waals surface area contributed by atoms with E-state index in [9.17, 15) is 8.78 Å². The minimum absolute atomic E-state index is 0.0415. The molecule has 0 amide bonds. The molecule has 0 radical (unpaired) electrons. The van der Waals surface area contributed by atoms with Crippen LogP contribution in [-0.4, -0.2) is 34.6 Å². The van der Waals surface area contributed by atoms with Crippen LogP contribution in [0.1, 0.15) is 0 Å². The van der Waals surface area contributed by atoms with Crippen LogP contribution < -0.4 is 5.32 Å². The maximum Gasteiger partial charge on any atom is 0.187 e. The van der Waals surface area contributed by atoms with E-state index in [2.05, 4.69) is 5.32 Å². The third-order valence-corrected chi connectivity index (χ3v) is 1.77. The SMILES string of the molecule is OCC(O)CNc1cc(F)c(O)c(F)c1. The summed E-state index contributed by atoms with van der Waals surface area (Å²) in [6, 6.07) is 1.78. The Morgan fingerprint density at radius 1 is 1.27 bits per heavy atom. The summed E-state index contributed by atoms with van der Waals surface area (Å²) in [4.78, 5) is 0. The number of aromatic hydroxyl groups is 1. The summed E-state index contributed by atoms with van der Waals surface area (Å²) in [6.45, 7) is -0.490. The van der Waals surface area contributed by atoms with Gasteiger partial charge in [-0.2, -0.15) is 0 Å². The Balaban J connectivity index is 2.70. The fourth-order valence-electron chi connectivity index (χ4n) is 0.968. The highest BCUT2D eigenvalue weighted by Crippen LogP contribution is 2.23. The maximum atomic E-state index is 12.8. The highest BCUT2D eigenvalue weighted by Gasteiger charge is 2.10. The maximum absolute atomic E-state index is 12.8. The number of anilines is 1. The van der Waals surface area contributed by atoms with Gasteiger partial charge in [-0.3, -0.25) is 0 Å². The number of nitrogens with one attached hydrogen (secondary N) is 1. The quantitative estimate of drug-likeness (QED) is 0.554. The summed E-state index contributed by atoms with van der Waals surface area (Å²) in [5.41, 5.74) is 0.0790. The van der Waals surface area contributed by atoms with Crippen LogP contribution in [-0.2, 0) is 0 Å². The topological polar surface area (TPSA) is 72.7 Å². The number of phenolic OH excluding ortho intramolecular Hbond substituents is 1. The first kappa shape index (κ1) is 11.7. The van der Waals surface area contributed by atoms with Crippen molar-refractivity contribution >= 4 is 5.69 Å². The van der Waals surface area contributed by atoms with E-state index < -0.39 is 30.1 Å². The molecule has 4 nitrogen and oxygen atoms in total. The number of phenols is 1. The van der Waals surface area contributed by atoms with Crippen molar-refractivity contribution in [1.82, 2.24) is 0 Å². The lowest BCUT2D eigenvalue weighted by Gasteiger charge is -2.10. The molecule has 0 bridgehead atoms. The summed E-state index contributed by atoms with van der Waals surface area (Å²) >= 11 is 0. The van der Waals surface area contributed by atoms with E-state index in [0.717, 1.165) is 12.1 Å². The van der Waals surface area contributed by atoms with E-state index in [-0.39, 0.29) is 12.2 Å². The molecule has 0 aromatic heterocycles. The molecule has 84 valence electrons. The van der Waals surface area contributed by atoms with Gasteiger partial charge < -0.3 is 20.6 Å². The Kier molecular flexibility index (Phi) is 3.81. The molecule has 0 saturated heterocycles. The lowest BCUT2D eigenvalue weighted by atomic mass is 10.2. The Labute approximate surface area is 84.8 Å². The smallest absolute Gasteiger partial charge is 0.187 e. The molecule has 4 N–H and O–H groups in total. The zero-order valence-corrected chi connectivity index (χ0v) is 7.74. The molecule has 0 saturated carbocycles. The number of rotatable bonds is 4. The molecule has 0 heterocycles. The van der Waals surface area contributed by atoms with Crippen LogP contribution in [0.5, 0.6) is 5.75 Å². The molecule has 1 aromatic carbocycles. The number of aliphatic hydroxyl groups is 2. The van der Waals surface area contributed by atoms with Crippen molar-refractivity contribution in [2.75, 3.05) is 18.5 Å². The molecule has 1 rings (SSSR count). The van der Waals surface area contributed by atoms with Gasteiger partial charge in [-0.15, -0.1) is 0 Å². The molecule has 1 unspecified atom stereocenters. The van der Waals surface area contributed by atoms with Crippen molar-refractivity contribution < 1.29 is 24.1 Å². The molecular weight excluding hydrogens is 208 g/mol. The van der Waals surface area contributed by atoms with Crippen LogP contribution in [0.2, 0.25) is 0 Å². The van der Waals surface area contributed by atoms with Crippen molar-refractivity contribution in [2.24, 2.45) is 0 Å². The van der Waals surface area contributed by atoms with Gasteiger partial charge in [0.1, 0.15) is 0 Å². The Morgan fingerprint density at radius 3 is 2.27 bits per heavy atom. The summed E-state index contributed by atoms with van der Waals surface area (Å²) in [6.07, 6.45) is -1.01. The van der Waals surface area contributed by atoms with Crippen molar-refractivity contribution in [3.8, 4) is 5.75 Å². The molecule has 1 aromatic rings. The van der Waals surface area contributed by atoms with Gasteiger partial charge in [0.2, 0.25) is 0 Å². The Morgan fingerprint density at radius 2 is 1.80 bits per heavy atom. The molecule has 6 heteroatoms. The van der Waals surface area contributed by atoms with Crippen molar-refractivity contribution in [2.45, 2.75) is 6.10 Å². The fourth-order valence-corrected chi connectivity index (χ4v) is 0.968. The van der Waals surface area contributed by atoms with Crippen LogP contribution in [0.3, 0.4) is 0 Å². The van der Waals surface area contributed by atoms with E-state index in [1.165, 1.54) is 0 Å². The van der Waals surface area contributed by atoms with Crippen LogP contribution in [0.25, 0.3) is 0 Å². The molecular formula is C9H11F2NO3. The molecule has 0 aliphatic carbocycles. The van der Waals surface area contributed by atoms with Gasteiger partial charge in [-0.1, -0.05) is 0 Å². The fraction of sp³-hybridized carbons (Fsp3) is 0.333. The Hall–Kier alpha value is -1.40. The second-order valence-electron chi connectivity index (χ2n) is 3.01. The number of benzene rings is 1. The molecule has 1 atom stereocenters. The number of halogens is 2. The second-order valence-corrected chi connectivity index (χ2v) is 3.01. The first-order valence-electron chi connectivity index (χ1n) is 4.25. The third-order valence-electron chi connectivity index (χ3n) is 1.77. The van der Waals surface area contributed by atoms with Crippen molar-refractivity contribution in [1.29, 1.82) is 0 Å². The van der Waals surface area contributed by atoms with Crippen LogP contribution in [0.4, 0.5) is 14.5 Å². The third kappa shape index (κ3) is 3.03. The first-order chi connectivity index (χ1) is 7.04. The van der Waals surface area contributed by atoms with E-state index in [1.54, 1.807) is 0 Å². The molecule has 0 aliphatic heterocycles. The van der Waals surface area contributed by atoms with Gasteiger partial charge in [0, 0.05) is 24.4 Å². The van der Waals surface area contributed by atoms with Crippen molar-refractivity contribution in [3.63, 3.8) is 0 Å². The molecule has 0 aliphatic rings. The number of hydrogen-bond acceptors (Lipinski definition) is 4. The van der Waals surface area contributed by atoms with Gasteiger partial charge in [-0.05, 0) is 0 Å². The normalized spacial score (nSPS) is 12.5. The summed E-state index contributed by atoms with van der Waals surface area (Å²) < 4.78 is 25.6. The highest BCUT2D eigenvalue weighted by molar-refractivity contribution is 5.47. The van der Waals surface area contributed by atoms with Crippen LogP contribution in [0.15, 0.2) is 12.1 Å². The van der Waals surface area contributed by atoms with E-state index in [1.807, 2.05) is 0 Å². The zero-order chi connectivity index (χ0) is 11.4. The Bertz CT molecular complexity index is 323. The van der Waals surface area contributed by atoms with Gasteiger partial charge in [-0.25, -0.2) is 8.78 Å². The summed E-state index contributed by atoms with van der Waals surface area (Å²) in [5.74, 6) is -3.21. The summed E-state index contributed by atoms with van der Waals surface area (Å²) in [7, 11) is 0. The van der Waals surface area contributed by atoms with Crippen LogP contribution in [0, 0.1) is 11.6 Å². The van der Waals surface area contributed by atoms with E-state index >= 15 is 0 Å². The lowest BCUT2D eigenvalue weighted by molar-refractivity contribution is 0.105. The van der Waals surface area contributed by atoms with Gasteiger partial charge >= 0.3 is 0 Å². The van der Waals surface area contributed by atoms with Gasteiger partial charge in [0.25, 0.3) is 0 Å². The molecule has 0 fully saturated rings. The highest BCUT2D eigenvalue weighted by atomic mass is 19.1. The summed E-state index contributed by atoms with van der Waals surface area (Å²) in [5, 5.41) is 28.7. The average Bonchev–Trinajstić information content (AvgIpc) is 2.22. The number of aliphatic hydroxyl groups excluding tert-OH is 2. The second kappa shape index (κ2) is 4.90. The lowest BCUT2D eigenvalue weighted by Crippen LogP contribution is -2.23. The zero-order valence-electron chi connectivity index (χ0n) is 7.74.